The Labute approximate surface area is 128 Å². The fraction of sp³-hybridized carbons (Fsp3) is 0.714. The van der Waals surface area contributed by atoms with Gasteiger partial charge < -0.3 is 9.64 Å². The van der Waals surface area contributed by atoms with Crippen molar-refractivity contribution in [2.45, 2.75) is 25.4 Å². The Balaban J connectivity index is 1.37. The van der Waals surface area contributed by atoms with Crippen LogP contribution in [0, 0.1) is 0 Å². The van der Waals surface area contributed by atoms with Crippen LogP contribution in [0.2, 0.25) is 0 Å². The van der Waals surface area contributed by atoms with Gasteiger partial charge in [-0.25, -0.2) is 9.78 Å². The number of carbonyl (C=O) groups excluding carboxylic acids is 1. The van der Waals surface area contributed by atoms with Crippen molar-refractivity contribution >= 4 is 22.6 Å². The highest BCUT2D eigenvalue weighted by Crippen LogP contribution is 2.27. The van der Waals surface area contributed by atoms with E-state index >= 15 is 0 Å². The summed E-state index contributed by atoms with van der Waals surface area (Å²) in [6, 6.07) is 0.234. The van der Waals surface area contributed by atoms with E-state index in [0.29, 0.717) is 6.61 Å². The molecule has 4 rings (SSSR count). The molecule has 3 fully saturated rings. The maximum absolute atomic E-state index is 11.5. The molecule has 6 nitrogen and oxygen atoms in total. The van der Waals surface area contributed by atoms with Gasteiger partial charge >= 0.3 is 6.09 Å². The molecule has 0 aromatic carbocycles. The first-order chi connectivity index (χ1) is 10.3. The average Bonchev–Trinajstić information content (AvgIpc) is 3.20. The SMILES string of the molecule is O=C1OCC2CN(Cc3cnc(N4CCCC4)s3)CCN12. The molecule has 1 aromatic heterocycles. The Morgan fingerprint density at radius 3 is 3.00 bits per heavy atom. The van der Waals surface area contributed by atoms with Gasteiger partial charge in [0.2, 0.25) is 0 Å². The largest absolute Gasteiger partial charge is 0.447 e. The van der Waals surface area contributed by atoms with E-state index in [1.165, 1.54) is 22.9 Å². The summed E-state index contributed by atoms with van der Waals surface area (Å²) < 4.78 is 5.11. The molecule has 0 radical (unpaired) electrons. The van der Waals surface area contributed by atoms with Crippen LogP contribution in [-0.4, -0.2) is 66.2 Å². The number of nitrogens with zero attached hydrogens (tertiary/aromatic N) is 4. The highest BCUT2D eigenvalue weighted by Gasteiger charge is 2.37. The molecule has 1 atom stereocenters. The number of amides is 1. The minimum atomic E-state index is -0.145. The van der Waals surface area contributed by atoms with Crippen LogP contribution >= 0.6 is 11.3 Å². The summed E-state index contributed by atoms with van der Waals surface area (Å²) in [7, 11) is 0. The summed E-state index contributed by atoms with van der Waals surface area (Å²) in [5.41, 5.74) is 0. The number of fused-ring (bicyclic) bond motifs is 1. The van der Waals surface area contributed by atoms with E-state index in [9.17, 15) is 4.79 Å². The van der Waals surface area contributed by atoms with Gasteiger partial charge in [-0.2, -0.15) is 0 Å². The normalized spacial score (nSPS) is 26.3. The lowest BCUT2D eigenvalue weighted by Gasteiger charge is -2.34. The van der Waals surface area contributed by atoms with Gasteiger partial charge in [-0.1, -0.05) is 0 Å². The Bertz CT molecular complexity index is 529. The first-order valence-corrected chi connectivity index (χ1v) is 8.46. The number of hydrogen-bond acceptors (Lipinski definition) is 6. The van der Waals surface area contributed by atoms with Crippen LogP contribution in [0.1, 0.15) is 17.7 Å². The number of ether oxygens (including phenoxy) is 1. The molecule has 0 aliphatic carbocycles. The lowest BCUT2D eigenvalue weighted by molar-refractivity contribution is 0.116. The minimum Gasteiger partial charge on any atom is -0.447 e. The lowest BCUT2D eigenvalue weighted by Crippen LogP contribution is -2.51. The van der Waals surface area contributed by atoms with Crippen molar-refractivity contribution in [2.24, 2.45) is 0 Å². The van der Waals surface area contributed by atoms with Gasteiger partial charge in [0.25, 0.3) is 0 Å². The van der Waals surface area contributed by atoms with E-state index in [-0.39, 0.29) is 12.1 Å². The summed E-state index contributed by atoms with van der Waals surface area (Å²) >= 11 is 1.81. The van der Waals surface area contributed by atoms with Crippen LogP contribution in [0.3, 0.4) is 0 Å². The second kappa shape index (κ2) is 5.46. The molecule has 0 bridgehead atoms. The maximum atomic E-state index is 11.5. The van der Waals surface area contributed by atoms with Gasteiger partial charge in [0.05, 0.1) is 6.04 Å². The Hall–Kier alpha value is -1.34. The molecule has 3 saturated heterocycles. The number of thiazole rings is 1. The first-order valence-electron chi connectivity index (χ1n) is 7.65. The number of carbonyl (C=O) groups is 1. The number of cyclic esters (lactones) is 1. The first kappa shape index (κ1) is 13.3. The van der Waals surface area contributed by atoms with Crippen LogP contribution in [0.4, 0.5) is 9.93 Å². The average molecular weight is 308 g/mol. The van der Waals surface area contributed by atoms with Crippen LogP contribution in [0.5, 0.6) is 0 Å². The zero-order valence-electron chi connectivity index (χ0n) is 12.0. The van der Waals surface area contributed by atoms with Crippen molar-refractivity contribution in [1.29, 1.82) is 0 Å². The van der Waals surface area contributed by atoms with Gasteiger partial charge in [-0.05, 0) is 12.8 Å². The molecule has 0 spiro atoms. The highest BCUT2D eigenvalue weighted by atomic mass is 32.1. The molecule has 3 aliphatic rings. The van der Waals surface area contributed by atoms with E-state index in [0.717, 1.165) is 39.3 Å². The number of piperazine rings is 1. The molecule has 114 valence electrons. The summed E-state index contributed by atoms with van der Waals surface area (Å²) in [6.45, 7) is 6.37. The van der Waals surface area contributed by atoms with E-state index in [2.05, 4.69) is 14.8 Å². The van der Waals surface area contributed by atoms with Crippen LogP contribution in [0.15, 0.2) is 6.20 Å². The summed E-state index contributed by atoms with van der Waals surface area (Å²) in [5, 5.41) is 1.17. The van der Waals surface area contributed by atoms with Crippen molar-refractivity contribution < 1.29 is 9.53 Å². The minimum absolute atomic E-state index is 0.145. The van der Waals surface area contributed by atoms with Gasteiger partial charge in [0.15, 0.2) is 5.13 Å². The fourth-order valence-corrected chi connectivity index (χ4v) is 4.35. The van der Waals surface area contributed by atoms with E-state index < -0.39 is 0 Å². The molecular weight excluding hydrogens is 288 g/mol. The maximum Gasteiger partial charge on any atom is 0.410 e. The van der Waals surface area contributed by atoms with Crippen LogP contribution in [0.25, 0.3) is 0 Å². The molecule has 1 amide bonds. The molecule has 21 heavy (non-hydrogen) atoms. The molecule has 1 unspecified atom stereocenters. The molecule has 1 aromatic rings. The predicted octanol–water partition coefficient (Wildman–Crippen LogP) is 1.38. The standard InChI is InChI=1S/C14H20N4O2S/c19-14-18-6-5-16(8-11(18)10-20-14)9-12-7-15-13(21-12)17-3-1-2-4-17/h7,11H,1-6,8-10H2. The van der Waals surface area contributed by atoms with Gasteiger partial charge in [-0.3, -0.25) is 9.80 Å². The molecule has 7 heteroatoms. The summed E-state index contributed by atoms with van der Waals surface area (Å²) in [5.74, 6) is 0. The number of anilines is 1. The van der Waals surface area contributed by atoms with Crippen molar-refractivity contribution in [3.63, 3.8) is 0 Å². The van der Waals surface area contributed by atoms with Crippen molar-refractivity contribution in [3.8, 4) is 0 Å². The molecule has 0 saturated carbocycles. The Kier molecular flexibility index (Phi) is 3.46. The van der Waals surface area contributed by atoms with Crippen LogP contribution < -0.4 is 4.90 Å². The third-order valence-electron chi connectivity index (χ3n) is 4.50. The topological polar surface area (TPSA) is 48.9 Å². The van der Waals surface area contributed by atoms with Crippen molar-refractivity contribution in [2.75, 3.05) is 44.2 Å². The molecule has 0 N–H and O–H groups in total. The Morgan fingerprint density at radius 1 is 1.29 bits per heavy atom. The fourth-order valence-electron chi connectivity index (χ4n) is 3.34. The number of rotatable bonds is 3. The van der Waals surface area contributed by atoms with E-state index in [1.807, 2.05) is 22.4 Å². The third-order valence-corrected chi connectivity index (χ3v) is 5.54. The van der Waals surface area contributed by atoms with E-state index in [4.69, 9.17) is 4.74 Å². The second-order valence-corrected chi connectivity index (χ2v) is 7.06. The highest BCUT2D eigenvalue weighted by molar-refractivity contribution is 7.15. The van der Waals surface area contributed by atoms with Gasteiger partial charge in [0.1, 0.15) is 6.61 Å². The third kappa shape index (κ3) is 2.60. The molecular formula is C14H20N4O2S. The number of hydrogen-bond donors (Lipinski definition) is 0. The predicted molar refractivity (Wildman–Crippen MR) is 80.7 cm³/mol. The summed E-state index contributed by atoms with van der Waals surface area (Å²) in [4.78, 5) is 24.0. The molecule has 3 aliphatic heterocycles. The second-order valence-electron chi connectivity index (χ2n) is 5.96. The van der Waals surface area contributed by atoms with Crippen molar-refractivity contribution in [1.82, 2.24) is 14.8 Å². The quantitative estimate of drug-likeness (QED) is 0.844. The zero-order chi connectivity index (χ0) is 14.2. The summed E-state index contributed by atoms with van der Waals surface area (Å²) in [6.07, 6.45) is 4.44. The van der Waals surface area contributed by atoms with E-state index in [1.54, 1.807) is 0 Å². The molecule has 4 heterocycles. The van der Waals surface area contributed by atoms with Crippen LogP contribution in [-0.2, 0) is 11.3 Å². The Morgan fingerprint density at radius 2 is 2.14 bits per heavy atom. The van der Waals surface area contributed by atoms with Gasteiger partial charge in [-0.15, -0.1) is 11.3 Å². The smallest absolute Gasteiger partial charge is 0.410 e. The van der Waals surface area contributed by atoms with Gasteiger partial charge in [0, 0.05) is 50.3 Å². The monoisotopic (exact) mass is 308 g/mol. The lowest BCUT2D eigenvalue weighted by atomic mass is 10.2. The van der Waals surface area contributed by atoms with Crippen molar-refractivity contribution in [3.05, 3.63) is 11.1 Å². The number of aromatic nitrogens is 1. The zero-order valence-corrected chi connectivity index (χ0v) is 12.8.